The quantitative estimate of drug-likeness (QED) is 0.670. The first-order valence-corrected chi connectivity index (χ1v) is 8.76. The highest BCUT2D eigenvalue weighted by Crippen LogP contribution is 2.29. The van der Waals surface area contributed by atoms with Crippen molar-refractivity contribution in [2.75, 3.05) is 0 Å². The second-order valence-electron chi connectivity index (χ2n) is 6.90. The van der Waals surface area contributed by atoms with E-state index >= 15 is 0 Å². The highest BCUT2D eigenvalue weighted by atomic mass is 16.4. The molecule has 0 saturated carbocycles. The molecule has 3 aromatic rings. The topological polar surface area (TPSA) is 61.2 Å². The maximum absolute atomic E-state index is 10.2. The highest BCUT2D eigenvalue weighted by Gasteiger charge is 2.24. The molecule has 3 N–H and O–H groups in total. The van der Waals surface area contributed by atoms with E-state index in [1.165, 1.54) is 22.2 Å². The fourth-order valence-corrected chi connectivity index (χ4v) is 3.91. The Morgan fingerprint density at radius 1 is 1.29 bits per heavy atom. The minimum Gasteiger partial charge on any atom is -0.467 e. The summed E-state index contributed by atoms with van der Waals surface area (Å²) >= 11 is 0. The number of nitrogens with one attached hydrogen (secondary N) is 2. The minimum absolute atomic E-state index is 0.238. The van der Waals surface area contributed by atoms with Gasteiger partial charge in [-0.3, -0.25) is 0 Å². The summed E-state index contributed by atoms with van der Waals surface area (Å²) in [5.41, 5.74) is 4.08. The molecule has 4 heteroatoms. The van der Waals surface area contributed by atoms with Crippen LogP contribution in [0.5, 0.6) is 0 Å². The lowest BCUT2D eigenvalue weighted by Crippen LogP contribution is -2.40. The number of rotatable bonds is 5. The summed E-state index contributed by atoms with van der Waals surface area (Å²) in [4.78, 5) is 3.56. The Kier molecular flexibility index (Phi) is 4.17. The Hall–Kier alpha value is -2.04. The van der Waals surface area contributed by atoms with Crippen LogP contribution in [0, 0.1) is 0 Å². The van der Waals surface area contributed by atoms with Gasteiger partial charge in [-0.25, -0.2) is 0 Å². The number of hydrogen-bond donors (Lipinski definition) is 3. The fraction of sp³-hybridized carbons (Fsp3) is 0.400. The number of H-pyrrole nitrogens is 1. The number of furan rings is 1. The van der Waals surface area contributed by atoms with Crippen LogP contribution in [0.15, 0.2) is 47.1 Å². The third-order valence-electron chi connectivity index (χ3n) is 5.06. The van der Waals surface area contributed by atoms with Crippen LogP contribution < -0.4 is 5.32 Å². The molecule has 24 heavy (non-hydrogen) atoms. The summed E-state index contributed by atoms with van der Waals surface area (Å²) in [6.07, 6.45) is 4.97. The van der Waals surface area contributed by atoms with E-state index in [4.69, 9.17) is 4.42 Å². The van der Waals surface area contributed by atoms with Gasteiger partial charge in [-0.05, 0) is 56.4 Å². The predicted octanol–water partition coefficient (Wildman–Crippen LogP) is 3.72. The van der Waals surface area contributed by atoms with E-state index in [-0.39, 0.29) is 6.04 Å². The molecule has 126 valence electrons. The molecule has 2 aromatic heterocycles. The smallest absolute Gasteiger partial charge is 0.132 e. The highest BCUT2D eigenvalue weighted by molar-refractivity contribution is 5.84. The second-order valence-corrected chi connectivity index (χ2v) is 6.90. The van der Waals surface area contributed by atoms with E-state index in [1.54, 1.807) is 6.26 Å². The molecule has 1 aliphatic carbocycles. The SMILES string of the molecule is CC(CC(O)c1ccco1)NC1CCc2[nH]c3ccccc3c2C1. The second kappa shape index (κ2) is 6.46. The normalized spacial score (nSPS) is 20.0. The lowest BCUT2D eigenvalue weighted by molar-refractivity contribution is 0.126. The van der Waals surface area contributed by atoms with Crippen molar-refractivity contribution in [1.29, 1.82) is 0 Å². The first-order valence-electron chi connectivity index (χ1n) is 8.76. The van der Waals surface area contributed by atoms with Crippen molar-refractivity contribution in [3.8, 4) is 0 Å². The van der Waals surface area contributed by atoms with Crippen molar-refractivity contribution in [3.63, 3.8) is 0 Å². The molecule has 0 bridgehead atoms. The van der Waals surface area contributed by atoms with Gasteiger partial charge in [0.25, 0.3) is 0 Å². The number of para-hydroxylation sites is 1. The molecule has 2 heterocycles. The maximum atomic E-state index is 10.2. The average Bonchev–Trinajstić information content (AvgIpc) is 3.22. The van der Waals surface area contributed by atoms with Crippen LogP contribution >= 0.6 is 0 Å². The number of aromatic amines is 1. The molecule has 1 aromatic carbocycles. The Labute approximate surface area is 141 Å². The Morgan fingerprint density at radius 2 is 2.17 bits per heavy atom. The third-order valence-corrected chi connectivity index (χ3v) is 5.06. The third kappa shape index (κ3) is 2.99. The molecular weight excluding hydrogens is 300 g/mol. The van der Waals surface area contributed by atoms with Crippen molar-refractivity contribution in [1.82, 2.24) is 10.3 Å². The van der Waals surface area contributed by atoms with Crippen LogP contribution in [0.2, 0.25) is 0 Å². The van der Waals surface area contributed by atoms with Gasteiger partial charge in [0.1, 0.15) is 11.9 Å². The van der Waals surface area contributed by atoms with Gasteiger partial charge in [0.15, 0.2) is 0 Å². The zero-order valence-electron chi connectivity index (χ0n) is 14.0. The Morgan fingerprint density at radius 3 is 3.00 bits per heavy atom. The fourth-order valence-electron chi connectivity index (χ4n) is 3.91. The summed E-state index contributed by atoms with van der Waals surface area (Å²) in [6.45, 7) is 2.14. The molecule has 0 aliphatic heterocycles. The van der Waals surface area contributed by atoms with E-state index < -0.39 is 6.10 Å². The van der Waals surface area contributed by atoms with Crippen molar-refractivity contribution in [3.05, 3.63) is 59.7 Å². The van der Waals surface area contributed by atoms with Gasteiger partial charge in [0, 0.05) is 28.7 Å². The van der Waals surface area contributed by atoms with Crippen molar-refractivity contribution in [2.24, 2.45) is 0 Å². The maximum Gasteiger partial charge on any atom is 0.132 e. The van der Waals surface area contributed by atoms with Gasteiger partial charge in [0.2, 0.25) is 0 Å². The van der Waals surface area contributed by atoms with Gasteiger partial charge in [-0.2, -0.15) is 0 Å². The monoisotopic (exact) mass is 324 g/mol. The van der Waals surface area contributed by atoms with Crippen LogP contribution in [0.25, 0.3) is 10.9 Å². The molecule has 0 fully saturated rings. The van der Waals surface area contributed by atoms with Crippen molar-refractivity contribution >= 4 is 10.9 Å². The zero-order chi connectivity index (χ0) is 16.5. The van der Waals surface area contributed by atoms with Crippen LogP contribution in [-0.4, -0.2) is 22.2 Å². The number of fused-ring (bicyclic) bond motifs is 3. The minimum atomic E-state index is -0.547. The largest absolute Gasteiger partial charge is 0.467 e. The van der Waals surface area contributed by atoms with Gasteiger partial charge in [-0.1, -0.05) is 18.2 Å². The van der Waals surface area contributed by atoms with E-state index in [0.717, 1.165) is 19.3 Å². The van der Waals surface area contributed by atoms with Gasteiger partial charge in [-0.15, -0.1) is 0 Å². The number of aliphatic hydroxyl groups excluding tert-OH is 1. The van der Waals surface area contributed by atoms with Crippen LogP contribution in [-0.2, 0) is 12.8 Å². The van der Waals surface area contributed by atoms with E-state index in [0.29, 0.717) is 18.2 Å². The summed E-state index contributed by atoms with van der Waals surface area (Å²) < 4.78 is 5.29. The Bertz CT molecular complexity index is 806. The summed E-state index contributed by atoms with van der Waals surface area (Å²) in [5, 5.41) is 15.3. The molecule has 0 spiro atoms. The molecule has 0 radical (unpaired) electrons. The van der Waals surface area contributed by atoms with Gasteiger partial charge < -0.3 is 19.8 Å². The van der Waals surface area contributed by atoms with E-state index in [1.807, 2.05) is 12.1 Å². The molecule has 0 saturated heterocycles. The number of hydrogen-bond acceptors (Lipinski definition) is 3. The van der Waals surface area contributed by atoms with Gasteiger partial charge >= 0.3 is 0 Å². The predicted molar refractivity (Wildman–Crippen MR) is 95.0 cm³/mol. The summed E-state index contributed by atoms with van der Waals surface area (Å²) in [6, 6.07) is 12.9. The van der Waals surface area contributed by atoms with Crippen molar-refractivity contribution in [2.45, 2.75) is 50.8 Å². The molecule has 4 nitrogen and oxygen atoms in total. The first-order chi connectivity index (χ1) is 11.7. The number of aryl methyl sites for hydroxylation is 1. The number of aliphatic hydroxyl groups is 1. The molecule has 0 amide bonds. The summed E-state index contributed by atoms with van der Waals surface area (Å²) in [5.74, 6) is 0.645. The molecule has 3 unspecified atom stereocenters. The molecular formula is C20H24N2O2. The zero-order valence-corrected chi connectivity index (χ0v) is 14.0. The first kappa shape index (κ1) is 15.5. The average molecular weight is 324 g/mol. The van der Waals surface area contributed by atoms with Crippen LogP contribution in [0.3, 0.4) is 0 Å². The Balaban J connectivity index is 1.41. The van der Waals surface area contributed by atoms with E-state index in [9.17, 15) is 5.11 Å². The molecule has 3 atom stereocenters. The lowest BCUT2D eigenvalue weighted by atomic mass is 9.90. The number of benzene rings is 1. The molecule has 4 rings (SSSR count). The molecule has 1 aliphatic rings. The van der Waals surface area contributed by atoms with Crippen LogP contribution in [0.4, 0.5) is 0 Å². The standard InChI is InChI=1S/C20H24N2O2/c1-13(11-19(23)20-7-4-10-24-20)21-14-8-9-18-16(12-14)15-5-2-3-6-17(15)22-18/h2-7,10,13-14,19,21-23H,8-9,11-12H2,1H3. The lowest BCUT2D eigenvalue weighted by Gasteiger charge is -2.28. The summed E-state index contributed by atoms with van der Waals surface area (Å²) in [7, 11) is 0. The number of aromatic nitrogens is 1. The van der Waals surface area contributed by atoms with Gasteiger partial charge in [0.05, 0.1) is 6.26 Å². The van der Waals surface area contributed by atoms with E-state index in [2.05, 4.69) is 41.5 Å². The van der Waals surface area contributed by atoms with Crippen LogP contribution in [0.1, 0.15) is 42.9 Å². The van der Waals surface area contributed by atoms with Crippen molar-refractivity contribution < 1.29 is 9.52 Å².